The maximum absolute atomic E-state index is 11.6. The van der Waals surface area contributed by atoms with E-state index in [1.54, 1.807) is 0 Å². The number of likely N-dealkylation sites (N-methyl/N-ethyl adjacent to an activating group) is 1. The highest BCUT2D eigenvalue weighted by molar-refractivity contribution is 5.24. The second kappa shape index (κ2) is 6.78. The highest BCUT2D eigenvalue weighted by Gasteiger charge is 2.44. The molecule has 4 rings (SSSR count). The van der Waals surface area contributed by atoms with E-state index in [0.717, 1.165) is 30.9 Å². The van der Waals surface area contributed by atoms with Crippen molar-refractivity contribution in [1.82, 2.24) is 4.90 Å². The van der Waals surface area contributed by atoms with Crippen LogP contribution in [0, 0.1) is 5.92 Å². The van der Waals surface area contributed by atoms with Gasteiger partial charge in [-0.2, -0.15) is 0 Å². The Morgan fingerprint density at radius 2 is 1.75 bits per heavy atom. The number of hydrogen-bond acceptors (Lipinski definition) is 3. The van der Waals surface area contributed by atoms with Crippen LogP contribution in [0.15, 0.2) is 30.3 Å². The van der Waals surface area contributed by atoms with E-state index in [9.17, 15) is 5.11 Å². The number of benzene rings is 1. The molecule has 0 aromatic heterocycles. The van der Waals surface area contributed by atoms with Crippen LogP contribution < -0.4 is 0 Å². The summed E-state index contributed by atoms with van der Waals surface area (Å²) in [6.07, 6.45) is 9.93. The number of piperidine rings is 1. The normalized spacial score (nSPS) is 33.7. The quantitative estimate of drug-likeness (QED) is 0.894. The first-order valence-electron chi connectivity index (χ1n) is 9.80. The molecule has 1 unspecified atom stereocenters. The van der Waals surface area contributed by atoms with Gasteiger partial charge in [0.05, 0.1) is 12.7 Å². The van der Waals surface area contributed by atoms with Gasteiger partial charge in [-0.1, -0.05) is 43.2 Å². The summed E-state index contributed by atoms with van der Waals surface area (Å²) in [6.45, 7) is 0.446. The van der Waals surface area contributed by atoms with Crippen molar-refractivity contribution in [1.29, 1.82) is 0 Å². The van der Waals surface area contributed by atoms with Gasteiger partial charge in [0.15, 0.2) is 0 Å². The Morgan fingerprint density at radius 1 is 1.04 bits per heavy atom. The number of nitrogens with zero attached hydrogens (tertiary/aromatic N) is 1. The van der Waals surface area contributed by atoms with Gasteiger partial charge < -0.3 is 9.84 Å². The maximum atomic E-state index is 11.6. The van der Waals surface area contributed by atoms with E-state index in [4.69, 9.17) is 4.74 Å². The molecule has 2 heterocycles. The molecule has 2 aliphatic heterocycles. The van der Waals surface area contributed by atoms with E-state index in [1.165, 1.54) is 32.1 Å². The summed E-state index contributed by atoms with van der Waals surface area (Å²) in [5.74, 6) is 0.331. The predicted molar refractivity (Wildman–Crippen MR) is 95.8 cm³/mol. The van der Waals surface area contributed by atoms with Crippen LogP contribution in [0.25, 0.3) is 0 Å². The molecule has 2 bridgehead atoms. The number of fused-ring (bicyclic) bond motifs is 2. The Bertz CT molecular complexity index is 542. The molecule has 3 fully saturated rings. The number of ether oxygens (including phenoxy) is 1. The first kappa shape index (κ1) is 16.6. The van der Waals surface area contributed by atoms with Gasteiger partial charge in [-0.05, 0) is 57.1 Å². The molecule has 1 aliphatic carbocycles. The van der Waals surface area contributed by atoms with Crippen LogP contribution in [0.5, 0.6) is 0 Å². The minimum Gasteiger partial charge on any atom is -0.382 e. The molecule has 0 spiro atoms. The summed E-state index contributed by atoms with van der Waals surface area (Å²) in [7, 11) is 2.25. The van der Waals surface area contributed by atoms with Gasteiger partial charge in [0.2, 0.25) is 0 Å². The number of aliphatic hydroxyl groups is 1. The maximum Gasteiger partial charge on any atom is 0.116 e. The van der Waals surface area contributed by atoms with Gasteiger partial charge in [0.1, 0.15) is 5.60 Å². The molecule has 1 N–H and O–H groups in total. The first-order valence-corrected chi connectivity index (χ1v) is 9.80. The molecule has 1 saturated carbocycles. The summed E-state index contributed by atoms with van der Waals surface area (Å²) in [4.78, 5) is 2.52. The molecule has 0 radical (unpaired) electrons. The van der Waals surface area contributed by atoms with Crippen molar-refractivity contribution >= 4 is 0 Å². The second-order valence-electron chi connectivity index (χ2n) is 8.16. The van der Waals surface area contributed by atoms with E-state index in [0.29, 0.717) is 18.6 Å². The van der Waals surface area contributed by atoms with E-state index >= 15 is 0 Å². The zero-order valence-electron chi connectivity index (χ0n) is 14.9. The summed E-state index contributed by atoms with van der Waals surface area (Å²) < 4.78 is 6.42. The van der Waals surface area contributed by atoms with Crippen LogP contribution >= 0.6 is 0 Å². The minimum atomic E-state index is -0.828. The SMILES string of the molecule is CN1C2CC[C@@H]1[C@H](OC[C@](O)(c1ccccc1)C1CCCC1)CC2. The lowest BCUT2D eigenvalue weighted by Gasteiger charge is -2.40. The van der Waals surface area contributed by atoms with E-state index in [-0.39, 0.29) is 6.10 Å². The third-order valence-corrected chi connectivity index (χ3v) is 6.93. The first-order chi connectivity index (χ1) is 11.7. The van der Waals surface area contributed by atoms with Gasteiger partial charge in [-0.25, -0.2) is 0 Å². The Kier molecular flexibility index (Phi) is 4.68. The Morgan fingerprint density at radius 3 is 2.50 bits per heavy atom. The summed E-state index contributed by atoms with van der Waals surface area (Å²) >= 11 is 0. The van der Waals surface area contributed by atoms with Gasteiger partial charge in [-0.3, -0.25) is 4.90 Å². The largest absolute Gasteiger partial charge is 0.382 e. The van der Waals surface area contributed by atoms with Crippen molar-refractivity contribution in [3.63, 3.8) is 0 Å². The fraction of sp³-hybridized carbons (Fsp3) is 0.714. The molecule has 24 heavy (non-hydrogen) atoms. The Balaban J connectivity index is 1.50. The van der Waals surface area contributed by atoms with Crippen LogP contribution in [0.1, 0.15) is 56.9 Å². The van der Waals surface area contributed by atoms with Crippen molar-refractivity contribution in [2.75, 3.05) is 13.7 Å². The van der Waals surface area contributed by atoms with Crippen molar-refractivity contribution in [2.24, 2.45) is 5.92 Å². The highest BCUT2D eigenvalue weighted by Crippen LogP contribution is 2.42. The third-order valence-electron chi connectivity index (χ3n) is 6.93. The lowest BCUT2D eigenvalue weighted by molar-refractivity contribution is -0.129. The fourth-order valence-electron chi connectivity index (χ4n) is 5.38. The van der Waals surface area contributed by atoms with Gasteiger partial charge in [-0.15, -0.1) is 0 Å². The van der Waals surface area contributed by atoms with Crippen molar-refractivity contribution < 1.29 is 9.84 Å². The van der Waals surface area contributed by atoms with Crippen LogP contribution in [0.3, 0.4) is 0 Å². The Labute approximate surface area is 146 Å². The van der Waals surface area contributed by atoms with Crippen LogP contribution in [0.4, 0.5) is 0 Å². The number of hydrogen-bond donors (Lipinski definition) is 1. The smallest absolute Gasteiger partial charge is 0.116 e. The molecule has 2 saturated heterocycles. The second-order valence-corrected chi connectivity index (χ2v) is 8.16. The average Bonchev–Trinajstić information content (AvgIpc) is 3.22. The lowest BCUT2D eigenvalue weighted by atomic mass is 9.80. The molecular formula is C21H31NO2. The Hall–Kier alpha value is -0.900. The summed E-state index contributed by atoms with van der Waals surface area (Å²) in [5.41, 5.74) is 0.205. The van der Waals surface area contributed by atoms with E-state index < -0.39 is 5.60 Å². The molecule has 132 valence electrons. The van der Waals surface area contributed by atoms with Gasteiger partial charge in [0.25, 0.3) is 0 Å². The lowest BCUT2D eigenvalue weighted by Crippen LogP contribution is -2.48. The number of rotatable bonds is 5. The van der Waals surface area contributed by atoms with Crippen molar-refractivity contribution in [3.8, 4) is 0 Å². The minimum absolute atomic E-state index is 0.283. The third kappa shape index (κ3) is 2.91. The zero-order chi connectivity index (χ0) is 16.6. The van der Waals surface area contributed by atoms with Gasteiger partial charge in [0, 0.05) is 12.1 Å². The highest BCUT2D eigenvalue weighted by atomic mass is 16.5. The standard InChI is InChI=1S/C21H31NO2/c1-22-18-11-13-19(22)20(14-12-18)24-15-21(23,17-9-5-6-10-17)16-7-3-2-4-8-16/h2-4,7-8,17-20,23H,5-6,9-15H2,1H3/t18?,19-,20-,21+/m1/s1. The molecule has 0 amide bonds. The topological polar surface area (TPSA) is 32.7 Å². The van der Waals surface area contributed by atoms with E-state index in [1.807, 2.05) is 18.2 Å². The van der Waals surface area contributed by atoms with Crippen molar-refractivity contribution in [2.45, 2.75) is 75.2 Å². The molecule has 1 aromatic rings. The molecule has 1 aromatic carbocycles. The molecule has 4 atom stereocenters. The average molecular weight is 329 g/mol. The van der Waals surface area contributed by atoms with E-state index in [2.05, 4.69) is 24.1 Å². The predicted octanol–water partition coefficient (Wildman–Crippen LogP) is 3.71. The monoisotopic (exact) mass is 329 g/mol. The molecule has 3 nitrogen and oxygen atoms in total. The fourth-order valence-corrected chi connectivity index (χ4v) is 5.38. The van der Waals surface area contributed by atoms with Crippen LogP contribution in [-0.2, 0) is 10.3 Å². The van der Waals surface area contributed by atoms with Crippen LogP contribution in [-0.4, -0.2) is 41.8 Å². The molecule has 3 aliphatic rings. The molecular weight excluding hydrogens is 298 g/mol. The summed E-state index contributed by atoms with van der Waals surface area (Å²) in [6, 6.07) is 11.5. The summed E-state index contributed by atoms with van der Waals surface area (Å²) in [5, 5.41) is 11.6. The van der Waals surface area contributed by atoms with Crippen molar-refractivity contribution in [3.05, 3.63) is 35.9 Å². The van der Waals surface area contributed by atoms with Gasteiger partial charge >= 0.3 is 0 Å². The molecule has 3 heteroatoms. The zero-order valence-corrected chi connectivity index (χ0v) is 14.9. The van der Waals surface area contributed by atoms with Crippen LogP contribution in [0.2, 0.25) is 0 Å².